The van der Waals surface area contributed by atoms with E-state index in [1.54, 1.807) is 7.11 Å². The van der Waals surface area contributed by atoms with Crippen LogP contribution in [0.3, 0.4) is 0 Å². The predicted octanol–water partition coefficient (Wildman–Crippen LogP) is 1.56. The molecular formula is C13H22N2O. The number of benzene rings is 1. The molecule has 1 aromatic rings. The monoisotopic (exact) mass is 222 g/mol. The van der Waals surface area contributed by atoms with Crippen LogP contribution in [0, 0.1) is 0 Å². The van der Waals surface area contributed by atoms with E-state index in [0.29, 0.717) is 6.54 Å². The Balaban J connectivity index is 2.37. The second-order valence-corrected chi connectivity index (χ2v) is 4.61. The minimum Gasteiger partial charge on any atom is -0.497 e. The number of methoxy groups -OCH3 is 1. The minimum absolute atomic E-state index is 0.0203. The van der Waals surface area contributed by atoms with Gasteiger partial charge in [-0.05, 0) is 44.5 Å². The highest BCUT2D eigenvalue weighted by Crippen LogP contribution is 2.11. The van der Waals surface area contributed by atoms with Crippen LogP contribution in [0.15, 0.2) is 24.3 Å². The molecule has 0 aromatic heterocycles. The van der Waals surface area contributed by atoms with Gasteiger partial charge in [0.2, 0.25) is 0 Å². The molecule has 0 amide bonds. The molecule has 90 valence electrons. The molecule has 0 aliphatic rings. The zero-order chi connectivity index (χ0) is 12.0. The van der Waals surface area contributed by atoms with Gasteiger partial charge in [-0.2, -0.15) is 0 Å². The molecule has 0 saturated carbocycles. The summed E-state index contributed by atoms with van der Waals surface area (Å²) in [4.78, 5) is 0. The van der Waals surface area contributed by atoms with Crippen LogP contribution < -0.4 is 15.8 Å². The maximum atomic E-state index is 5.64. The molecule has 3 N–H and O–H groups in total. The number of nitrogens with two attached hydrogens (primary N) is 1. The van der Waals surface area contributed by atoms with Gasteiger partial charge in [0.1, 0.15) is 5.75 Å². The lowest BCUT2D eigenvalue weighted by molar-refractivity contribution is 0.401. The van der Waals surface area contributed by atoms with E-state index in [2.05, 4.69) is 31.3 Å². The summed E-state index contributed by atoms with van der Waals surface area (Å²) in [6.45, 7) is 5.81. The maximum absolute atomic E-state index is 5.64. The third kappa shape index (κ3) is 4.21. The zero-order valence-corrected chi connectivity index (χ0v) is 10.4. The van der Waals surface area contributed by atoms with Crippen LogP contribution in [0.2, 0.25) is 0 Å². The third-order valence-electron chi connectivity index (χ3n) is 2.69. The van der Waals surface area contributed by atoms with Gasteiger partial charge in [-0.3, -0.25) is 0 Å². The predicted molar refractivity (Wildman–Crippen MR) is 67.8 cm³/mol. The molecule has 0 spiro atoms. The first-order chi connectivity index (χ1) is 7.57. The normalized spacial score (nSPS) is 11.5. The van der Waals surface area contributed by atoms with Crippen molar-refractivity contribution in [3.05, 3.63) is 29.8 Å². The van der Waals surface area contributed by atoms with Crippen molar-refractivity contribution in [2.75, 3.05) is 20.2 Å². The average molecular weight is 222 g/mol. The van der Waals surface area contributed by atoms with E-state index in [1.165, 1.54) is 5.56 Å². The molecule has 1 rings (SSSR count). The Hall–Kier alpha value is -1.06. The van der Waals surface area contributed by atoms with Gasteiger partial charge in [-0.25, -0.2) is 0 Å². The Morgan fingerprint density at radius 2 is 1.88 bits per heavy atom. The molecule has 0 atom stereocenters. The van der Waals surface area contributed by atoms with E-state index in [9.17, 15) is 0 Å². The van der Waals surface area contributed by atoms with Crippen LogP contribution in [-0.2, 0) is 6.42 Å². The second-order valence-electron chi connectivity index (χ2n) is 4.61. The summed E-state index contributed by atoms with van der Waals surface area (Å²) in [5, 5.41) is 3.43. The Morgan fingerprint density at radius 1 is 1.25 bits per heavy atom. The number of nitrogens with one attached hydrogen (secondary N) is 1. The van der Waals surface area contributed by atoms with Crippen molar-refractivity contribution < 1.29 is 4.74 Å². The topological polar surface area (TPSA) is 47.3 Å². The Kier molecular flexibility index (Phi) is 4.77. The fourth-order valence-corrected chi connectivity index (χ4v) is 1.41. The van der Waals surface area contributed by atoms with Gasteiger partial charge >= 0.3 is 0 Å². The molecule has 16 heavy (non-hydrogen) atoms. The standard InChI is InChI=1S/C13H22N2O/c1-13(2,10-14)15-9-8-11-4-6-12(16-3)7-5-11/h4-7,15H,8-10,14H2,1-3H3. The molecule has 0 heterocycles. The first kappa shape index (κ1) is 13.0. The maximum Gasteiger partial charge on any atom is 0.118 e. The van der Waals surface area contributed by atoms with E-state index < -0.39 is 0 Å². The van der Waals surface area contributed by atoms with Crippen LogP contribution in [-0.4, -0.2) is 25.7 Å². The molecule has 0 saturated heterocycles. The summed E-state index contributed by atoms with van der Waals surface area (Å²) >= 11 is 0. The lowest BCUT2D eigenvalue weighted by Crippen LogP contribution is -2.46. The Morgan fingerprint density at radius 3 is 2.38 bits per heavy atom. The summed E-state index contributed by atoms with van der Waals surface area (Å²) in [6.07, 6.45) is 1.01. The number of hydrogen-bond donors (Lipinski definition) is 2. The highest BCUT2D eigenvalue weighted by molar-refractivity contribution is 5.27. The smallest absolute Gasteiger partial charge is 0.118 e. The van der Waals surface area contributed by atoms with Gasteiger partial charge in [-0.15, -0.1) is 0 Å². The van der Waals surface area contributed by atoms with Crippen LogP contribution in [0.1, 0.15) is 19.4 Å². The van der Waals surface area contributed by atoms with Crippen molar-refractivity contribution in [3.8, 4) is 5.75 Å². The molecule has 0 fully saturated rings. The van der Waals surface area contributed by atoms with E-state index in [4.69, 9.17) is 10.5 Å². The minimum atomic E-state index is 0.0203. The van der Waals surface area contributed by atoms with Crippen molar-refractivity contribution in [2.45, 2.75) is 25.8 Å². The Bertz CT molecular complexity index is 306. The van der Waals surface area contributed by atoms with Gasteiger partial charge in [0, 0.05) is 12.1 Å². The van der Waals surface area contributed by atoms with Crippen molar-refractivity contribution >= 4 is 0 Å². The molecule has 0 bridgehead atoms. The number of rotatable bonds is 6. The SMILES string of the molecule is COc1ccc(CCNC(C)(C)CN)cc1. The summed E-state index contributed by atoms with van der Waals surface area (Å²) in [5.41, 5.74) is 6.97. The van der Waals surface area contributed by atoms with Gasteiger partial charge in [-0.1, -0.05) is 12.1 Å². The highest BCUT2D eigenvalue weighted by atomic mass is 16.5. The van der Waals surface area contributed by atoms with Gasteiger partial charge in [0.05, 0.1) is 7.11 Å². The van der Waals surface area contributed by atoms with Crippen molar-refractivity contribution in [3.63, 3.8) is 0 Å². The van der Waals surface area contributed by atoms with Gasteiger partial charge < -0.3 is 15.8 Å². The van der Waals surface area contributed by atoms with Crippen molar-refractivity contribution in [1.29, 1.82) is 0 Å². The van der Waals surface area contributed by atoms with Crippen LogP contribution in [0.25, 0.3) is 0 Å². The summed E-state index contributed by atoms with van der Waals surface area (Å²) in [5.74, 6) is 0.902. The number of hydrogen-bond acceptors (Lipinski definition) is 3. The van der Waals surface area contributed by atoms with Crippen molar-refractivity contribution in [2.24, 2.45) is 5.73 Å². The molecule has 0 unspecified atom stereocenters. The first-order valence-electron chi connectivity index (χ1n) is 5.65. The molecule has 0 aliphatic heterocycles. The summed E-state index contributed by atoms with van der Waals surface area (Å²) in [7, 11) is 1.68. The van der Waals surface area contributed by atoms with Gasteiger partial charge in [0.15, 0.2) is 0 Å². The highest BCUT2D eigenvalue weighted by Gasteiger charge is 2.13. The van der Waals surface area contributed by atoms with Crippen molar-refractivity contribution in [1.82, 2.24) is 5.32 Å². The van der Waals surface area contributed by atoms with Crippen LogP contribution >= 0.6 is 0 Å². The van der Waals surface area contributed by atoms with Crippen LogP contribution in [0.4, 0.5) is 0 Å². The second kappa shape index (κ2) is 5.87. The zero-order valence-electron chi connectivity index (χ0n) is 10.4. The molecule has 0 radical (unpaired) electrons. The molecular weight excluding hydrogens is 200 g/mol. The summed E-state index contributed by atoms with van der Waals surface area (Å²) in [6, 6.07) is 8.17. The fraction of sp³-hybridized carbons (Fsp3) is 0.538. The molecule has 3 heteroatoms. The van der Waals surface area contributed by atoms with Gasteiger partial charge in [0.25, 0.3) is 0 Å². The fourth-order valence-electron chi connectivity index (χ4n) is 1.41. The lowest BCUT2D eigenvalue weighted by atomic mass is 10.1. The average Bonchev–Trinajstić information content (AvgIpc) is 2.30. The van der Waals surface area contributed by atoms with E-state index in [0.717, 1.165) is 18.7 Å². The number of ether oxygens (including phenoxy) is 1. The quantitative estimate of drug-likeness (QED) is 0.768. The molecule has 0 aliphatic carbocycles. The molecule has 3 nitrogen and oxygen atoms in total. The Labute approximate surface area is 98.0 Å². The van der Waals surface area contributed by atoms with E-state index in [-0.39, 0.29) is 5.54 Å². The lowest BCUT2D eigenvalue weighted by Gasteiger charge is -2.24. The third-order valence-corrected chi connectivity index (χ3v) is 2.69. The van der Waals surface area contributed by atoms with Crippen LogP contribution in [0.5, 0.6) is 5.75 Å². The summed E-state index contributed by atoms with van der Waals surface area (Å²) < 4.78 is 5.11. The van der Waals surface area contributed by atoms with E-state index >= 15 is 0 Å². The molecule has 1 aromatic carbocycles. The van der Waals surface area contributed by atoms with E-state index in [1.807, 2.05) is 12.1 Å². The first-order valence-corrected chi connectivity index (χ1v) is 5.65. The largest absolute Gasteiger partial charge is 0.497 e.